The maximum atomic E-state index is 11.8. The molecular weight excluding hydrogens is 314 g/mol. The van der Waals surface area contributed by atoms with Gasteiger partial charge in [-0.05, 0) is 38.5 Å². The van der Waals surface area contributed by atoms with E-state index in [1.807, 2.05) is 13.8 Å². The number of hydrogen-bond donors (Lipinski definition) is 3. The number of benzene rings is 1. The fraction of sp³-hybridized carbons (Fsp3) is 0.462. The van der Waals surface area contributed by atoms with E-state index in [4.69, 9.17) is 17.3 Å². The van der Waals surface area contributed by atoms with Crippen molar-refractivity contribution in [1.82, 2.24) is 0 Å². The zero-order valence-corrected chi connectivity index (χ0v) is 13.8. The zero-order valence-electron chi connectivity index (χ0n) is 12.2. The van der Waals surface area contributed by atoms with Crippen molar-refractivity contribution in [2.75, 3.05) is 16.3 Å². The monoisotopic (exact) mass is 333 g/mol. The third-order valence-corrected chi connectivity index (χ3v) is 3.48. The van der Waals surface area contributed by atoms with Gasteiger partial charge >= 0.3 is 0 Å². The lowest BCUT2D eigenvalue weighted by molar-refractivity contribution is -0.116. The molecule has 1 rings (SSSR count). The summed E-state index contributed by atoms with van der Waals surface area (Å²) in [4.78, 5) is 11.8. The van der Waals surface area contributed by atoms with Crippen molar-refractivity contribution in [3.05, 3.63) is 23.2 Å². The molecule has 6 nitrogen and oxygen atoms in total. The Morgan fingerprint density at radius 2 is 2.00 bits per heavy atom. The molecule has 1 aromatic rings. The second kappa shape index (κ2) is 6.64. The van der Waals surface area contributed by atoms with E-state index in [1.54, 1.807) is 0 Å². The molecule has 0 unspecified atom stereocenters. The van der Waals surface area contributed by atoms with E-state index >= 15 is 0 Å². The third kappa shape index (κ3) is 7.31. The van der Waals surface area contributed by atoms with Crippen LogP contribution in [0.3, 0.4) is 0 Å². The maximum Gasteiger partial charge on any atom is 0.229 e. The van der Waals surface area contributed by atoms with E-state index in [0.717, 1.165) is 6.26 Å². The van der Waals surface area contributed by atoms with Gasteiger partial charge in [-0.1, -0.05) is 11.6 Å². The summed E-state index contributed by atoms with van der Waals surface area (Å²) in [5.41, 5.74) is 6.07. The molecule has 0 aliphatic rings. The largest absolute Gasteiger partial charge is 0.326 e. The Kier molecular flexibility index (Phi) is 5.61. The van der Waals surface area contributed by atoms with Crippen LogP contribution in [-0.2, 0) is 14.8 Å². The minimum Gasteiger partial charge on any atom is -0.326 e. The zero-order chi connectivity index (χ0) is 16.3. The van der Waals surface area contributed by atoms with Crippen molar-refractivity contribution in [2.45, 2.75) is 32.2 Å². The molecular formula is C13H20ClN3O3S. The van der Waals surface area contributed by atoms with Crippen LogP contribution in [0.1, 0.15) is 26.7 Å². The number of hydrogen-bond acceptors (Lipinski definition) is 4. The average Bonchev–Trinajstić information content (AvgIpc) is 2.28. The lowest BCUT2D eigenvalue weighted by Gasteiger charge is -2.18. The highest BCUT2D eigenvalue weighted by atomic mass is 35.5. The summed E-state index contributed by atoms with van der Waals surface area (Å²) >= 11 is 5.98. The summed E-state index contributed by atoms with van der Waals surface area (Å²) < 4.78 is 24.7. The first-order valence-electron chi connectivity index (χ1n) is 6.32. The Morgan fingerprint density at radius 1 is 1.38 bits per heavy atom. The normalized spacial score (nSPS) is 12.0. The van der Waals surface area contributed by atoms with Crippen molar-refractivity contribution in [3.63, 3.8) is 0 Å². The fourth-order valence-corrected chi connectivity index (χ4v) is 2.27. The number of nitrogens with two attached hydrogens (primary N) is 1. The molecule has 0 atom stereocenters. The Hall–Kier alpha value is -1.31. The van der Waals surface area contributed by atoms with Crippen LogP contribution < -0.4 is 15.8 Å². The predicted molar refractivity (Wildman–Crippen MR) is 86.0 cm³/mol. The SMILES string of the molecule is CC(C)(N)CCC(=O)Nc1cc(NS(C)(=O)=O)ccc1Cl. The summed E-state index contributed by atoms with van der Waals surface area (Å²) in [6, 6.07) is 4.49. The van der Waals surface area contributed by atoms with Crippen LogP contribution in [-0.4, -0.2) is 26.1 Å². The van der Waals surface area contributed by atoms with Crippen molar-refractivity contribution < 1.29 is 13.2 Å². The van der Waals surface area contributed by atoms with Gasteiger partial charge in [0.15, 0.2) is 0 Å². The molecule has 8 heteroatoms. The molecule has 21 heavy (non-hydrogen) atoms. The van der Waals surface area contributed by atoms with Crippen molar-refractivity contribution in [2.24, 2.45) is 5.73 Å². The molecule has 1 amide bonds. The van der Waals surface area contributed by atoms with Gasteiger partial charge in [0.2, 0.25) is 15.9 Å². The highest BCUT2D eigenvalue weighted by Gasteiger charge is 2.14. The van der Waals surface area contributed by atoms with E-state index in [-0.39, 0.29) is 12.3 Å². The highest BCUT2D eigenvalue weighted by molar-refractivity contribution is 7.92. The standard InChI is InChI=1S/C13H20ClN3O3S/c1-13(2,15)7-6-12(18)16-11-8-9(4-5-10(11)14)17-21(3,19)20/h4-5,8,17H,6-7,15H2,1-3H3,(H,16,18). The minimum atomic E-state index is -3.39. The summed E-state index contributed by atoms with van der Waals surface area (Å²) in [7, 11) is -3.39. The summed E-state index contributed by atoms with van der Waals surface area (Å²) in [6.45, 7) is 3.67. The first-order valence-corrected chi connectivity index (χ1v) is 8.59. The molecule has 0 aliphatic heterocycles. The number of carbonyl (C=O) groups is 1. The number of nitrogens with one attached hydrogen (secondary N) is 2. The number of rotatable bonds is 6. The van der Waals surface area contributed by atoms with Gasteiger partial charge in [0, 0.05) is 12.0 Å². The van der Waals surface area contributed by atoms with Gasteiger partial charge < -0.3 is 11.1 Å². The fourth-order valence-electron chi connectivity index (χ4n) is 1.55. The van der Waals surface area contributed by atoms with Gasteiger partial charge in [0.1, 0.15) is 0 Å². The molecule has 0 radical (unpaired) electrons. The van der Waals surface area contributed by atoms with E-state index in [9.17, 15) is 13.2 Å². The van der Waals surface area contributed by atoms with Crippen molar-refractivity contribution in [1.29, 1.82) is 0 Å². The molecule has 0 saturated heterocycles. The molecule has 118 valence electrons. The Bertz CT molecular complexity index is 624. The van der Waals surface area contributed by atoms with E-state index in [0.29, 0.717) is 22.8 Å². The van der Waals surface area contributed by atoms with Crippen LogP contribution in [0.25, 0.3) is 0 Å². The first kappa shape index (κ1) is 17.7. The predicted octanol–water partition coefficient (Wildman–Crippen LogP) is 2.17. The van der Waals surface area contributed by atoms with Crippen molar-refractivity contribution in [3.8, 4) is 0 Å². The highest BCUT2D eigenvalue weighted by Crippen LogP contribution is 2.26. The van der Waals surface area contributed by atoms with Gasteiger partial charge in [-0.15, -0.1) is 0 Å². The molecule has 0 spiro atoms. The lowest BCUT2D eigenvalue weighted by atomic mass is 10.00. The molecule has 1 aromatic carbocycles. The topological polar surface area (TPSA) is 101 Å². The van der Waals surface area contributed by atoms with Crippen molar-refractivity contribution >= 4 is 38.9 Å². The number of sulfonamides is 1. The summed E-state index contributed by atoms with van der Waals surface area (Å²) in [6.07, 6.45) is 1.82. The Labute approximate surface area is 130 Å². The van der Waals surface area contributed by atoms with Gasteiger partial charge in [-0.25, -0.2) is 8.42 Å². The first-order chi connectivity index (χ1) is 9.46. The molecule has 0 aromatic heterocycles. The Morgan fingerprint density at radius 3 is 2.52 bits per heavy atom. The molecule has 0 aliphatic carbocycles. The van der Waals surface area contributed by atoms with Crippen LogP contribution in [0.4, 0.5) is 11.4 Å². The van der Waals surface area contributed by atoms with Gasteiger partial charge in [0.25, 0.3) is 0 Å². The number of amides is 1. The number of anilines is 2. The second-order valence-corrected chi connectivity index (χ2v) is 7.76. The average molecular weight is 334 g/mol. The van der Waals surface area contributed by atoms with Gasteiger partial charge in [-0.2, -0.15) is 0 Å². The van der Waals surface area contributed by atoms with E-state index < -0.39 is 15.6 Å². The van der Waals surface area contributed by atoms with Gasteiger partial charge in [0.05, 0.1) is 22.7 Å². The Balaban J connectivity index is 2.78. The quantitative estimate of drug-likeness (QED) is 0.742. The van der Waals surface area contributed by atoms with E-state index in [2.05, 4.69) is 10.0 Å². The van der Waals surface area contributed by atoms with Crippen LogP contribution in [0.5, 0.6) is 0 Å². The number of carbonyl (C=O) groups excluding carboxylic acids is 1. The number of halogens is 1. The molecule has 0 saturated carbocycles. The third-order valence-electron chi connectivity index (χ3n) is 2.54. The second-order valence-electron chi connectivity index (χ2n) is 5.61. The van der Waals surface area contributed by atoms with Crippen LogP contribution in [0.15, 0.2) is 18.2 Å². The summed E-state index contributed by atoms with van der Waals surface area (Å²) in [5, 5.41) is 2.98. The van der Waals surface area contributed by atoms with Crippen LogP contribution in [0, 0.1) is 0 Å². The van der Waals surface area contributed by atoms with Gasteiger partial charge in [-0.3, -0.25) is 9.52 Å². The summed E-state index contributed by atoms with van der Waals surface area (Å²) in [5.74, 6) is -0.230. The molecule has 0 bridgehead atoms. The molecule has 0 heterocycles. The lowest BCUT2D eigenvalue weighted by Crippen LogP contribution is -2.33. The van der Waals surface area contributed by atoms with E-state index in [1.165, 1.54) is 18.2 Å². The molecule has 4 N–H and O–H groups in total. The smallest absolute Gasteiger partial charge is 0.229 e. The van der Waals surface area contributed by atoms with Crippen LogP contribution >= 0.6 is 11.6 Å². The maximum absolute atomic E-state index is 11.8. The molecule has 0 fully saturated rings. The minimum absolute atomic E-state index is 0.230. The van der Waals surface area contributed by atoms with Crippen LogP contribution in [0.2, 0.25) is 5.02 Å².